The summed E-state index contributed by atoms with van der Waals surface area (Å²) in [4.78, 5) is 4.31. The number of oxazole rings is 1. The Morgan fingerprint density at radius 1 is 1.18 bits per heavy atom. The zero-order valence-corrected chi connectivity index (χ0v) is 7.86. The predicted octanol–water partition coefficient (Wildman–Crippen LogP) is 2.59. The van der Waals surface area contributed by atoms with Gasteiger partial charge in [-0.05, 0) is 6.92 Å². The van der Waals surface area contributed by atoms with Crippen LogP contribution in [0.2, 0.25) is 0 Å². The molecule has 1 heterocycles. The summed E-state index contributed by atoms with van der Waals surface area (Å²) in [5, 5.41) is 0. The lowest BCUT2D eigenvalue weighted by atomic mass is 9.91. The first-order valence-corrected chi connectivity index (χ1v) is 3.86. The molecule has 0 unspecified atom stereocenters. The highest BCUT2D eigenvalue weighted by Gasteiger charge is 2.20. The fourth-order valence-corrected chi connectivity index (χ4v) is 1.22. The standard InChI is InChI=1S/C9H15NO/c1-6-8(9(3,4)5)10-7(2)11-6/h1-5H3. The summed E-state index contributed by atoms with van der Waals surface area (Å²) < 4.78 is 5.33. The van der Waals surface area contributed by atoms with Gasteiger partial charge in [0.15, 0.2) is 5.89 Å². The van der Waals surface area contributed by atoms with E-state index in [0.717, 1.165) is 17.3 Å². The third-order valence-electron chi connectivity index (χ3n) is 1.61. The van der Waals surface area contributed by atoms with Crippen LogP contribution < -0.4 is 0 Å². The average molecular weight is 153 g/mol. The van der Waals surface area contributed by atoms with Crippen molar-refractivity contribution < 1.29 is 4.42 Å². The van der Waals surface area contributed by atoms with Gasteiger partial charge in [-0.25, -0.2) is 4.98 Å². The van der Waals surface area contributed by atoms with E-state index < -0.39 is 0 Å². The Bertz CT molecular complexity index is 255. The largest absolute Gasteiger partial charge is 0.446 e. The summed E-state index contributed by atoms with van der Waals surface area (Å²) in [6.45, 7) is 10.2. The molecule has 1 aromatic rings. The van der Waals surface area contributed by atoms with Gasteiger partial charge < -0.3 is 4.42 Å². The zero-order chi connectivity index (χ0) is 8.65. The highest BCUT2D eigenvalue weighted by molar-refractivity contribution is 5.16. The van der Waals surface area contributed by atoms with Gasteiger partial charge in [-0.3, -0.25) is 0 Å². The highest BCUT2D eigenvalue weighted by atomic mass is 16.4. The second-order valence-corrected chi connectivity index (χ2v) is 3.89. The van der Waals surface area contributed by atoms with Crippen molar-refractivity contribution in [1.82, 2.24) is 4.98 Å². The summed E-state index contributed by atoms with van der Waals surface area (Å²) >= 11 is 0. The molecule has 0 saturated heterocycles. The Morgan fingerprint density at radius 3 is 1.91 bits per heavy atom. The van der Waals surface area contributed by atoms with Crippen LogP contribution in [0.5, 0.6) is 0 Å². The van der Waals surface area contributed by atoms with Gasteiger partial charge >= 0.3 is 0 Å². The van der Waals surface area contributed by atoms with Crippen molar-refractivity contribution in [2.75, 3.05) is 0 Å². The van der Waals surface area contributed by atoms with Gasteiger partial charge in [-0.2, -0.15) is 0 Å². The van der Waals surface area contributed by atoms with Crippen molar-refractivity contribution in [3.05, 3.63) is 17.3 Å². The fourth-order valence-electron chi connectivity index (χ4n) is 1.22. The molecule has 0 aliphatic carbocycles. The molecule has 0 fully saturated rings. The molecule has 0 aliphatic heterocycles. The Labute approximate surface area is 67.6 Å². The number of nitrogens with zero attached hydrogens (tertiary/aromatic N) is 1. The molecule has 0 amide bonds. The van der Waals surface area contributed by atoms with E-state index in [1.54, 1.807) is 0 Å². The minimum atomic E-state index is 0.0991. The number of aryl methyl sites for hydroxylation is 2. The van der Waals surface area contributed by atoms with E-state index >= 15 is 0 Å². The van der Waals surface area contributed by atoms with Crippen molar-refractivity contribution >= 4 is 0 Å². The van der Waals surface area contributed by atoms with Gasteiger partial charge in [0.25, 0.3) is 0 Å². The maximum Gasteiger partial charge on any atom is 0.191 e. The van der Waals surface area contributed by atoms with E-state index in [1.807, 2.05) is 13.8 Å². The molecular formula is C9H15NO. The lowest BCUT2D eigenvalue weighted by Crippen LogP contribution is -2.12. The molecule has 2 heteroatoms. The number of hydrogen-bond donors (Lipinski definition) is 0. The van der Waals surface area contributed by atoms with E-state index in [0.29, 0.717) is 0 Å². The molecule has 0 N–H and O–H groups in total. The first kappa shape index (κ1) is 8.31. The quantitative estimate of drug-likeness (QED) is 0.572. The Hall–Kier alpha value is -0.790. The molecule has 0 aromatic carbocycles. The van der Waals surface area contributed by atoms with Gasteiger partial charge in [-0.1, -0.05) is 20.8 Å². The Morgan fingerprint density at radius 2 is 1.73 bits per heavy atom. The van der Waals surface area contributed by atoms with E-state index in [1.165, 1.54) is 0 Å². The van der Waals surface area contributed by atoms with Crippen molar-refractivity contribution in [2.45, 2.75) is 40.0 Å². The normalized spacial score (nSPS) is 12.1. The number of hydrogen-bond acceptors (Lipinski definition) is 2. The van der Waals surface area contributed by atoms with Gasteiger partial charge in [0.05, 0.1) is 5.69 Å². The lowest BCUT2D eigenvalue weighted by Gasteiger charge is -2.14. The zero-order valence-electron chi connectivity index (χ0n) is 7.86. The maximum atomic E-state index is 5.33. The van der Waals surface area contributed by atoms with E-state index in [9.17, 15) is 0 Å². The molecule has 0 spiro atoms. The minimum absolute atomic E-state index is 0.0991. The lowest BCUT2D eigenvalue weighted by molar-refractivity contribution is 0.484. The molecule has 0 saturated carbocycles. The molecule has 11 heavy (non-hydrogen) atoms. The first-order valence-electron chi connectivity index (χ1n) is 3.86. The summed E-state index contributed by atoms with van der Waals surface area (Å²) in [5.41, 5.74) is 1.16. The summed E-state index contributed by atoms with van der Waals surface area (Å²) in [6.07, 6.45) is 0. The Balaban J connectivity index is 3.13. The molecule has 1 rings (SSSR count). The van der Waals surface area contributed by atoms with Crippen LogP contribution in [0.3, 0.4) is 0 Å². The van der Waals surface area contributed by atoms with E-state index in [2.05, 4.69) is 25.8 Å². The topological polar surface area (TPSA) is 26.0 Å². The number of rotatable bonds is 0. The summed E-state index contributed by atoms with van der Waals surface area (Å²) in [6, 6.07) is 0. The minimum Gasteiger partial charge on any atom is -0.446 e. The van der Waals surface area contributed by atoms with Crippen LogP contribution in [0.15, 0.2) is 4.42 Å². The third kappa shape index (κ3) is 1.62. The van der Waals surface area contributed by atoms with Gasteiger partial charge in [0, 0.05) is 12.3 Å². The smallest absolute Gasteiger partial charge is 0.191 e. The molecule has 0 atom stereocenters. The van der Waals surface area contributed by atoms with Crippen LogP contribution in [0.4, 0.5) is 0 Å². The average Bonchev–Trinajstić information content (AvgIpc) is 2.08. The van der Waals surface area contributed by atoms with Crippen LogP contribution in [-0.2, 0) is 5.41 Å². The van der Waals surface area contributed by atoms with Crippen LogP contribution in [0.25, 0.3) is 0 Å². The van der Waals surface area contributed by atoms with Gasteiger partial charge in [0.2, 0.25) is 0 Å². The van der Waals surface area contributed by atoms with Crippen molar-refractivity contribution in [3.8, 4) is 0 Å². The van der Waals surface area contributed by atoms with E-state index in [-0.39, 0.29) is 5.41 Å². The molecule has 0 bridgehead atoms. The molecule has 62 valence electrons. The van der Waals surface area contributed by atoms with E-state index in [4.69, 9.17) is 4.42 Å². The molecular weight excluding hydrogens is 138 g/mol. The summed E-state index contributed by atoms with van der Waals surface area (Å²) in [7, 11) is 0. The predicted molar refractivity (Wildman–Crippen MR) is 44.7 cm³/mol. The van der Waals surface area contributed by atoms with Crippen molar-refractivity contribution in [1.29, 1.82) is 0 Å². The van der Waals surface area contributed by atoms with Gasteiger partial charge in [0.1, 0.15) is 5.76 Å². The number of aromatic nitrogens is 1. The van der Waals surface area contributed by atoms with Crippen LogP contribution in [0, 0.1) is 13.8 Å². The van der Waals surface area contributed by atoms with Crippen molar-refractivity contribution in [3.63, 3.8) is 0 Å². The molecule has 0 radical (unpaired) electrons. The molecule has 2 nitrogen and oxygen atoms in total. The van der Waals surface area contributed by atoms with Crippen molar-refractivity contribution in [2.24, 2.45) is 0 Å². The fraction of sp³-hybridized carbons (Fsp3) is 0.667. The van der Waals surface area contributed by atoms with Crippen LogP contribution in [0.1, 0.15) is 38.1 Å². The highest BCUT2D eigenvalue weighted by Crippen LogP contribution is 2.24. The monoisotopic (exact) mass is 153 g/mol. The molecule has 0 aliphatic rings. The SMILES string of the molecule is Cc1nc(C(C)(C)C)c(C)o1. The third-order valence-corrected chi connectivity index (χ3v) is 1.61. The summed E-state index contributed by atoms with van der Waals surface area (Å²) in [5.74, 6) is 1.70. The second kappa shape index (κ2) is 2.36. The molecule has 1 aromatic heterocycles. The Kier molecular flexibility index (Phi) is 1.78. The van der Waals surface area contributed by atoms with Crippen LogP contribution >= 0.6 is 0 Å². The van der Waals surface area contributed by atoms with Gasteiger partial charge in [-0.15, -0.1) is 0 Å². The maximum absolute atomic E-state index is 5.33. The first-order chi connectivity index (χ1) is 4.91. The van der Waals surface area contributed by atoms with Crippen LogP contribution in [-0.4, -0.2) is 4.98 Å². The second-order valence-electron chi connectivity index (χ2n) is 3.89.